The summed E-state index contributed by atoms with van der Waals surface area (Å²) in [6.45, 7) is 2.91. The van der Waals surface area contributed by atoms with Crippen LogP contribution in [0.3, 0.4) is 0 Å². The summed E-state index contributed by atoms with van der Waals surface area (Å²) in [7, 11) is 1.92. The number of carbonyl (C=O) groups is 1. The van der Waals surface area contributed by atoms with Gasteiger partial charge in [-0.05, 0) is 18.2 Å². The van der Waals surface area contributed by atoms with Crippen LogP contribution in [0.1, 0.15) is 0 Å². The highest BCUT2D eigenvalue weighted by molar-refractivity contribution is 5.99. The van der Waals surface area contributed by atoms with Crippen LogP contribution in [0.15, 0.2) is 18.2 Å². The smallest absolute Gasteiger partial charge is 0.232 e. The third-order valence-electron chi connectivity index (χ3n) is 3.70. The summed E-state index contributed by atoms with van der Waals surface area (Å²) in [5.74, 6) is -0.0405. The Balaban J connectivity index is 1.94. The molecule has 18 heavy (non-hydrogen) atoms. The van der Waals surface area contributed by atoms with E-state index in [1.807, 2.05) is 11.9 Å². The van der Waals surface area contributed by atoms with Crippen LogP contribution in [0.2, 0.25) is 0 Å². The SMILES string of the molecule is CN1CCN(C(=O)C2CNC2)c2ccc(F)cc21. The van der Waals surface area contributed by atoms with Gasteiger partial charge in [0.05, 0.1) is 17.3 Å². The number of halogens is 1. The van der Waals surface area contributed by atoms with E-state index in [-0.39, 0.29) is 17.6 Å². The number of likely N-dealkylation sites (N-methyl/N-ethyl adjacent to an activating group) is 1. The Morgan fingerprint density at radius 3 is 2.78 bits per heavy atom. The molecule has 0 saturated carbocycles. The largest absolute Gasteiger partial charge is 0.371 e. The maximum Gasteiger partial charge on any atom is 0.232 e. The standard InChI is InChI=1S/C13H16FN3O/c1-16-4-5-17(13(18)9-7-15-8-9)11-3-2-10(14)6-12(11)16/h2-3,6,9,15H,4-5,7-8H2,1H3. The van der Waals surface area contributed by atoms with Crippen molar-refractivity contribution in [1.82, 2.24) is 5.32 Å². The Morgan fingerprint density at radius 2 is 2.11 bits per heavy atom. The Kier molecular flexibility index (Phi) is 2.70. The number of amides is 1. The average Bonchev–Trinajstić information content (AvgIpc) is 2.28. The maximum absolute atomic E-state index is 13.3. The molecule has 1 fully saturated rings. The van der Waals surface area contributed by atoms with Crippen molar-refractivity contribution in [2.45, 2.75) is 0 Å². The summed E-state index contributed by atoms with van der Waals surface area (Å²) >= 11 is 0. The van der Waals surface area contributed by atoms with E-state index >= 15 is 0 Å². The Labute approximate surface area is 105 Å². The first kappa shape index (κ1) is 11.5. The zero-order chi connectivity index (χ0) is 12.7. The molecule has 96 valence electrons. The number of hydrogen-bond donors (Lipinski definition) is 1. The molecule has 1 N–H and O–H groups in total. The highest BCUT2D eigenvalue weighted by Gasteiger charge is 2.33. The molecule has 1 aromatic carbocycles. The lowest BCUT2D eigenvalue weighted by Crippen LogP contribution is -2.54. The molecule has 1 saturated heterocycles. The van der Waals surface area contributed by atoms with Gasteiger partial charge in [-0.25, -0.2) is 4.39 Å². The molecule has 0 atom stereocenters. The number of hydrogen-bond acceptors (Lipinski definition) is 3. The predicted molar refractivity (Wildman–Crippen MR) is 68.4 cm³/mol. The molecule has 1 amide bonds. The minimum atomic E-state index is -0.264. The number of nitrogens with zero attached hydrogens (tertiary/aromatic N) is 2. The van der Waals surface area contributed by atoms with Gasteiger partial charge in [0.15, 0.2) is 0 Å². The van der Waals surface area contributed by atoms with Crippen LogP contribution in [0.4, 0.5) is 15.8 Å². The summed E-state index contributed by atoms with van der Waals surface area (Å²) < 4.78 is 13.3. The molecule has 3 rings (SSSR count). The maximum atomic E-state index is 13.3. The molecule has 0 unspecified atom stereocenters. The van der Waals surface area contributed by atoms with Crippen LogP contribution in [-0.4, -0.2) is 39.1 Å². The normalized spacial score (nSPS) is 19.4. The van der Waals surface area contributed by atoms with Crippen LogP contribution in [-0.2, 0) is 4.79 Å². The Morgan fingerprint density at radius 1 is 1.33 bits per heavy atom. The predicted octanol–water partition coefficient (Wildman–Crippen LogP) is 0.828. The van der Waals surface area contributed by atoms with Crippen molar-refractivity contribution >= 4 is 17.3 Å². The second kappa shape index (κ2) is 4.24. The molecule has 0 radical (unpaired) electrons. The van der Waals surface area contributed by atoms with Crippen molar-refractivity contribution in [3.8, 4) is 0 Å². The van der Waals surface area contributed by atoms with Crippen molar-refractivity contribution in [2.75, 3.05) is 43.0 Å². The molecule has 2 heterocycles. The third-order valence-corrected chi connectivity index (χ3v) is 3.70. The van der Waals surface area contributed by atoms with Gasteiger partial charge in [0.2, 0.25) is 5.91 Å². The number of anilines is 2. The van der Waals surface area contributed by atoms with Crippen LogP contribution in [0.25, 0.3) is 0 Å². The van der Waals surface area contributed by atoms with E-state index in [0.29, 0.717) is 6.54 Å². The third kappa shape index (κ3) is 1.75. The lowest BCUT2D eigenvalue weighted by atomic mass is 10.0. The van der Waals surface area contributed by atoms with E-state index in [4.69, 9.17) is 0 Å². The van der Waals surface area contributed by atoms with Crippen molar-refractivity contribution in [2.24, 2.45) is 5.92 Å². The van der Waals surface area contributed by atoms with E-state index in [0.717, 1.165) is 31.0 Å². The molecule has 2 aliphatic rings. The lowest BCUT2D eigenvalue weighted by Gasteiger charge is -2.39. The topological polar surface area (TPSA) is 35.6 Å². The zero-order valence-corrected chi connectivity index (χ0v) is 10.3. The fraction of sp³-hybridized carbons (Fsp3) is 0.462. The first-order chi connectivity index (χ1) is 8.66. The molecular weight excluding hydrogens is 233 g/mol. The summed E-state index contributed by atoms with van der Waals surface area (Å²) in [6, 6.07) is 4.61. The highest BCUT2D eigenvalue weighted by Crippen LogP contribution is 2.33. The van der Waals surface area contributed by atoms with Gasteiger partial charge in [0.1, 0.15) is 5.82 Å². The van der Waals surface area contributed by atoms with Gasteiger partial charge in [-0.1, -0.05) is 0 Å². The Hall–Kier alpha value is -1.62. The summed E-state index contributed by atoms with van der Waals surface area (Å²) in [6.07, 6.45) is 0. The number of carbonyl (C=O) groups excluding carboxylic acids is 1. The quantitative estimate of drug-likeness (QED) is 0.800. The average molecular weight is 249 g/mol. The molecule has 4 nitrogen and oxygen atoms in total. The van der Waals surface area contributed by atoms with E-state index < -0.39 is 0 Å². The zero-order valence-electron chi connectivity index (χ0n) is 10.3. The number of nitrogens with one attached hydrogen (secondary N) is 1. The van der Waals surface area contributed by atoms with Gasteiger partial charge in [-0.15, -0.1) is 0 Å². The molecule has 1 aromatic rings. The number of rotatable bonds is 1. The fourth-order valence-corrected chi connectivity index (χ4v) is 2.43. The van der Waals surface area contributed by atoms with Crippen molar-refractivity contribution in [3.63, 3.8) is 0 Å². The minimum Gasteiger partial charge on any atom is -0.371 e. The molecule has 5 heteroatoms. The first-order valence-corrected chi connectivity index (χ1v) is 6.19. The van der Waals surface area contributed by atoms with Crippen molar-refractivity contribution in [1.29, 1.82) is 0 Å². The monoisotopic (exact) mass is 249 g/mol. The fourth-order valence-electron chi connectivity index (χ4n) is 2.43. The highest BCUT2D eigenvalue weighted by atomic mass is 19.1. The molecule has 0 bridgehead atoms. The van der Waals surface area contributed by atoms with E-state index in [9.17, 15) is 9.18 Å². The first-order valence-electron chi connectivity index (χ1n) is 6.19. The van der Waals surface area contributed by atoms with Gasteiger partial charge < -0.3 is 15.1 Å². The summed E-state index contributed by atoms with van der Waals surface area (Å²) in [4.78, 5) is 16.1. The van der Waals surface area contributed by atoms with Crippen LogP contribution in [0, 0.1) is 11.7 Å². The minimum absolute atomic E-state index is 0.0753. The summed E-state index contributed by atoms with van der Waals surface area (Å²) in [5.41, 5.74) is 1.61. The molecule has 2 aliphatic heterocycles. The van der Waals surface area contributed by atoms with E-state index in [1.165, 1.54) is 12.1 Å². The molecule has 0 aromatic heterocycles. The van der Waals surface area contributed by atoms with Crippen molar-refractivity contribution < 1.29 is 9.18 Å². The molecule has 0 spiro atoms. The van der Waals surface area contributed by atoms with Gasteiger partial charge in [0.25, 0.3) is 0 Å². The van der Waals surface area contributed by atoms with Crippen molar-refractivity contribution in [3.05, 3.63) is 24.0 Å². The van der Waals surface area contributed by atoms with Gasteiger partial charge in [-0.3, -0.25) is 4.79 Å². The van der Waals surface area contributed by atoms with Crippen LogP contribution in [0.5, 0.6) is 0 Å². The molecule has 0 aliphatic carbocycles. The Bertz CT molecular complexity index is 487. The summed E-state index contributed by atoms with van der Waals surface area (Å²) in [5, 5.41) is 3.11. The number of fused-ring (bicyclic) bond motifs is 1. The van der Waals surface area contributed by atoms with Gasteiger partial charge >= 0.3 is 0 Å². The van der Waals surface area contributed by atoms with E-state index in [2.05, 4.69) is 5.32 Å². The second-order valence-corrected chi connectivity index (χ2v) is 4.90. The number of benzene rings is 1. The second-order valence-electron chi connectivity index (χ2n) is 4.90. The van der Waals surface area contributed by atoms with Crippen LogP contribution >= 0.6 is 0 Å². The molecular formula is C13H16FN3O. The lowest BCUT2D eigenvalue weighted by molar-refractivity contribution is -0.123. The van der Waals surface area contributed by atoms with Gasteiger partial charge in [0, 0.05) is 33.2 Å². The van der Waals surface area contributed by atoms with E-state index in [1.54, 1.807) is 11.0 Å². The van der Waals surface area contributed by atoms with Crippen LogP contribution < -0.4 is 15.1 Å². The van der Waals surface area contributed by atoms with Gasteiger partial charge in [-0.2, -0.15) is 0 Å².